The summed E-state index contributed by atoms with van der Waals surface area (Å²) in [6.07, 6.45) is 0. The zero-order chi connectivity index (χ0) is 9.19. The summed E-state index contributed by atoms with van der Waals surface area (Å²) in [4.78, 5) is 0. The Morgan fingerprint density at radius 2 is 2.17 bits per heavy atom. The van der Waals surface area contributed by atoms with Crippen molar-refractivity contribution in [1.82, 2.24) is 10.3 Å². The summed E-state index contributed by atoms with van der Waals surface area (Å²) in [7, 11) is 0. The molecule has 1 rings (SSSR count). The molecular formula is C9H19N3. The van der Waals surface area contributed by atoms with Crippen LogP contribution in [-0.4, -0.2) is 37.4 Å². The van der Waals surface area contributed by atoms with Crippen molar-refractivity contribution >= 4 is 6.72 Å². The van der Waals surface area contributed by atoms with E-state index in [1.807, 2.05) is 0 Å². The molecule has 0 aliphatic carbocycles. The molecule has 0 bridgehead atoms. The normalized spacial score (nSPS) is 25.6. The number of piperazine rings is 1. The second-order valence-corrected chi connectivity index (χ2v) is 4.39. The van der Waals surface area contributed by atoms with Gasteiger partial charge in [0.25, 0.3) is 0 Å². The first-order valence-electron chi connectivity index (χ1n) is 4.49. The first kappa shape index (κ1) is 9.52. The average Bonchev–Trinajstić information content (AvgIpc) is 2.03. The number of hydrogen-bond donors (Lipinski definition) is 1. The summed E-state index contributed by atoms with van der Waals surface area (Å²) in [5.41, 5.74) is 0.272. The molecule has 1 N–H and O–H groups in total. The molecule has 0 aromatic carbocycles. The van der Waals surface area contributed by atoms with Crippen LogP contribution in [0.2, 0.25) is 0 Å². The average molecular weight is 169 g/mol. The molecule has 1 fully saturated rings. The van der Waals surface area contributed by atoms with E-state index in [0.717, 1.165) is 19.6 Å². The van der Waals surface area contributed by atoms with E-state index in [0.29, 0.717) is 6.04 Å². The standard InChI is InChI=1S/C9H19N3/c1-9(2,3)8-7-11-5-6-12(8)10-4/h8,11H,4-7H2,1-3H3. The van der Waals surface area contributed by atoms with Gasteiger partial charge in [0.05, 0.1) is 6.04 Å². The Hall–Kier alpha value is -0.570. The van der Waals surface area contributed by atoms with Gasteiger partial charge in [0.1, 0.15) is 0 Å². The third-order valence-electron chi connectivity index (χ3n) is 2.40. The predicted molar refractivity (Wildman–Crippen MR) is 52.4 cm³/mol. The van der Waals surface area contributed by atoms with Crippen LogP contribution in [0, 0.1) is 5.41 Å². The lowest BCUT2D eigenvalue weighted by molar-refractivity contribution is 0.0799. The second kappa shape index (κ2) is 3.44. The van der Waals surface area contributed by atoms with Gasteiger partial charge in [-0.25, -0.2) is 0 Å². The van der Waals surface area contributed by atoms with Gasteiger partial charge in [-0.2, -0.15) is 5.10 Å². The van der Waals surface area contributed by atoms with Gasteiger partial charge in [-0.1, -0.05) is 20.8 Å². The molecular weight excluding hydrogens is 150 g/mol. The minimum atomic E-state index is 0.272. The summed E-state index contributed by atoms with van der Waals surface area (Å²) in [5.74, 6) is 0. The molecule has 0 radical (unpaired) electrons. The maximum absolute atomic E-state index is 4.04. The second-order valence-electron chi connectivity index (χ2n) is 4.39. The fourth-order valence-electron chi connectivity index (χ4n) is 1.62. The Kier molecular flexibility index (Phi) is 2.73. The molecule has 1 heterocycles. The molecule has 1 unspecified atom stereocenters. The Morgan fingerprint density at radius 3 is 2.58 bits per heavy atom. The fraction of sp³-hybridized carbons (Fsp3) is 0.889. The molecule has 0 spiro atoms. The first-order chi connectivity index (χ1) is 5.55. The first-order valence-corrected chi connectivity index (χ1v) is 4.49. The minimum absolute atomic E-state index is 0.272. The van der Waals surface area contributed by atoms with Crippen molar-refractivity contribution in [1.29, 1.82) is 0 Å². The minimum Gasteiger partial charge on any atom is -0.313 e. The van der Waals surface area contributed by atoms with Crippen molar-refractivity contribution in [2.75, 3.05) is 19.6 Å². The SMILES string of the molecule is C=NN1CCNCC1C(C)(C)C. The highest BCUT2D eigenvalue weighted by Crippen LogP contribution is 2.25. The van der Waals surface area contributed by atoms with Crippen LogP contribution < -0.4 is 5.32 Å². The molecule has 0 amide bonds. The monoisotopic (exact) mass is 169 g/mol. The maximum Gasteiger partial charge on any atom is 0.0643 e. The van der Waals surface area contributed by atoms with Crippen LogP contribution in [0.25, 0.3) is 0 Å². The van der Waals surface area contributed by atoms with Crippen LogP contribution in [0.3, 0.4) is 0 Å². The van der Waals surface area contributed by atoms with Crippen molar-refractivity contribution in [2.45, 2.75) is 26.8 Å². The van der Waals surface area contributed by atoms with Gasteiger partial charge < -0.3 is 5.32 Å². The van der Waals surface area contributed by atoms with Crippen LogP contribution in [0.15, 0.2) is 5.10 Å². The van der Waals surface area contributed by atoms with Crippen molar-refractivity contribution in [3.8, 4) is 0 Å². The lowest BCUT2D eigenvalue weighted by Gasteiger charge is -2.41. The van der Waals surface area contributed by atoms with E-state index in [2.05, 4.69) is 42.9 Å². The Labute approximate surface area is 74.8 Å². The van der Waals surface area contributed by atoms with Crippen LogP contribution in [0.1, 0.15) is 20.8 Å². The Bertz CT molecular complexity index is 160. The van der Waals surface area contributed by atoms with Gasteiger partial charge in [0.2, 0.25) is 0 Å². The number of nitrogens with one attached hydrogen (secondary N) is 1. The molecule has 12 heavy (non-hydrogen) atoms. The molecule has 3 nitrogen and oxygen atoms in total. The largest absolute Gasteiger partial charge is 0.313 e. The van der Waals surface area contributed by atoms with E-state index in [1.165, 1.54) is 0 Å². The molecule has 0 aromatic rings. The molecule has 0 saturated carbocycles. The molecule has 1 saturated heterocycles. The Morgan fingerprint density at radius 1 is 1.50 bits per heavy atom. The topological polar surface area (TPSA) is 27.6 Å². The van der Waals surface area contributed by atoms with Crippen LogP contribution in [0.5, 0.6) is 0 Å². The molecule has 3 heteroatoms. The zero-order valence-electron chi connectivity index (χ0n) is 8.30. The molecule has 0 aromatic heterocycles. The van der Waals surface area contributed by atoms with Gasteiger partial charge in [-0.05, 0) is 5.41 Å². The van der Waals surface area contributed by atoms with E-state index in [1.54, 1.807) is 0 Å². The molecule has 1 aliphatic rings. The lowest BCUT2D eigenvalue weighted by atomic mass is 9.85. The quantitative estimate of drug-likeness (QED) is 0.591. The van der Waals surface area contributed by atoms with Crippen LogP contribution in [-0.2, 0) is 0 Å². The molecule has 70 valence electrons. The van der Waals surface area contributed by atoms with E-state index in [4.69, 9.17) is 0 Å². The van der Waals surface area contributed by atoms with E-state index < -0.39 is 0 Å². The summed E-state index contributed by atoms with van der Waals surface area (Å²) in [6, 6.07) is 0.476. The van der Waals surface area contributed by atoms with E-state index in [9.17, 15) is 0 Å². The third-order valence-corrected chi connectivity index (χ3v) is 2.40. The number of hydrazone groups is 1. The highest BCUT2D eigenvalue weighted by molar-refractivity contribution is 5.22. The van der Waals surface area contributed by atoms with Crippen molar-refractivity contribution < 1.29 is 0 Å². The van der Waals surface area contributed by atoms with Gasteiger partial charge in [0, 0.05) is 26.4 Å². The van der Waals surface area contributed by atoms with Crippen molar-refractivity contribution in [3.05, 3.63) is 0 Å². The highest BCUT2D eigenvalue weighted by Gasteiger charge is 2.31. The van der Waals surface area contributed by atoms with Gasteiger partial charge in [-0.3, -0.25) is 5.01 Å². The summed E-state index contributed by atoms with van der Waals surface area (Å²) >= 11 is 0. The zero-order valence-corrected chi connectivity index (χ0v) is 8.30. The number of hydrogen-bond acceptors (Lipinski definition) is 3. The van der Waals surface area contributed by atoms with Gasteiger partial charge in [-0.15, -0.1) is 0 Å². The summed E-state index contributed by atoms with van der Waals surface area (Å²) in [6.45, 7) is 13.3. The predicted octanol–water partition coefficient (Wildman–Crippen LogP) is 0.922. The van der Waals surface area contributed by atoms with Crippen LogP contribution >= 0.6 is 0 Å². The highest BCUT2D eigenvalue weighted by atomic mass is 15.5. The molecule has 1 atom stereocenters. The third kappa shape index (κ3) is 1.97. The van der Waals surface area contributed by atoms with Gasteiger partial charge >= 0.3 is 0 Å². The number of rotatable bonds is 1. The van der Waals surface area contributed by atoms with Crippen LogP contribution in [0.4, 0.5) is 0 Å². The summed E-state index contributed by atoms with van der Waals surface area (Å²) < 4.78 is 0. The Balaban J connectivity index is 2.65. The van der Waals surface area contributed by atoms with Crippen molar-refractivity contribution in [2.24, 2.45) is 10.5 Å². The maximum atomic E-state index is 4.04. The van der Waals surface area contributed by atoms with Crippen molar-refractivity contribution in [3.63, 3.8) is 0 Å². The van der Waals surface area contributed by atoms with Gasteiger partial charge in [0.15, 0.2) is 0 Å². The lowest BCUT2D eigenvalue weighted by Crippen LogP contribution is -2.54. The van der Waals surface area contributed by atoms with E-state index in [-0.39, 0.29) is 5.41 Å². The number of nitrogens with zero attached hydrogens (tertiary/aromatic N) is 2. The summed E-state index contributed by atoms with van der Waals surface area (Å²) in [5, 5.41) is 9.51. The molecule has 1 aliphatic heterocycles. The van der Waals surface area contributed by atoms with E-state index >= 15 is 0 Å². The smallest absolute Gasteiger partial charge is 0.0643 e. The fourth-order valence-corrected chi connectivity index (χ4v) is 1.62.